The Morgan fingerprint density at radius 3 is 3.15 bits per heavy atom. The molecule has 0 bridgehead atoms. The van der Waals surface area contributed by atoms with E-state index in [0.29, 0.717) is 5.69 Å². The Balaban J connectivity index is 2.69. The van der Waals surface area contributed by atoms with E-state index in [1.807, 2.05) is 6.07 Å². The monoisotopic (exact) mass is 237 g/mol. The van der Waals surface area contributed by atoms with Crippen molar-refractivity contribution in [1.82, 2.24) is 10.2 Å². The van der Waals surface area contributed by atoms with E-state index in [-0.39, 0.29) is 0 Å². The van der Waals surface area contributed by atoms with E-state index < -0.39 is 0 Å². The molecule has 0 aliphatic heterocycles. The Labute approximate surface area is 81.5 Å². The van der Waals surface area contributed by atoms with Crippen molar-refractivity contribution in [2.24, 2.45) is 5.11 Å². The number of aromatic nitrogens is 2. The summed E-state index contributed by atoms with van der Waals surface area (Å²) >= 11 is 3.31. The average Bonchev–Trinajstić information content (AvgIpc) is 2.48. The van der Waals surface area contributed by atoms with Crippen LogP contribution in [0.2, 0.25) is 0 Å². The van der Waals surface area contributed by atoms with E-state index in [2.05, 4.69) is 36.2 Å². The summed E-state index contributed by atoms with van der Waals surface area (Å²) in [4.78, 5) is 2.69. The lowest BCUT2D eigenvalue weighted by molar-refractivity contribution is 1.10. The first kappa shape index (κ1) is 8.10. The van der Waals surface area contributed by atoms with Gasteiger partial charge < -0.3 is 0 Å². The summed E-state index contributed by atoms with van der Waals surface area (Å²) in [6.07, 6.45) is 0. The molecule has 2 rings (SSSR count). The van der Waals surface area contributed by atoms with Gasteiger partial charge in [-0.05, 0) is 33.6 Å². The van der Waals surface area contributed by atoms with Crippen LogP contribution < -0.4 is 0 Å². The van der Waals surface area contributed by atoms with Crippen LogP contribution in [-0.4, -0.2) is 10.2 Å². The summed E-state index contributed by atoms with van der Waals surface area (Å²) < 4.78 is 0.829. The van der Waals surface area contributed by atoms with Gasteiger partial charge in [-0.25, -0.2) is 0 Å². The van der Waals surface area contributed by atoms with Crippen LogP contribution in [0.4, 0.5) is 5.69 Å². The van der Waals surface area contributed by atoms with Crippen molar-refractivity contribution in [3.05, 3.63) is 33.2 Å². The molecule has 0 unspecified atom stereocenters. The summed E-state index contributed by atoms with van der Waals surface area (Å²) in [5.41, 5.74) is 9.56. The Morgan fingerprint density at radius 2 is 2.38 bits per heavy atom. The first-order valence-electron chi connectivity index (χ1n) is 3.50. The highest BCUT2D eigenvalue weighted by Gasteiger charge is 2.01. The lowest BCUT2D eigenvalue weighted by Gasteiger charge is -1.90. The number of hydrogen-bond donors (Lipinski definition) is 1. The SMILES string of the molecule is [N-]=[N+]=Nc1ccc2c(Br)[nH]nc2c1. The van der Waals surface area contributed by atoms with Gasteiger partial charge in [0.25, 0.3) is 0 Å². The maximum atomic E-state index is 8.22. The third-order valence-electron chi connectivity index (χ3n) is 1.65. The molecule has 0 saturated heterocycles. The van der Waals surface area contributed by atoms with Crippen LogP contribution in [0.3, 0.4) is 0 Å². The molecule has 2 aromatic rings. The van der Waals surface area contributed by atoms with Crippen LogP contribution in [0.5, 0.6) is 0 Å². The summed E-state index contributed by atoms with van der Waals surface area (Å²) in [5, 5.41) is 11.2. The van der Waals surface area contributed by atoms with Crippen LogP contribution in [0, 0.1) is 0 Å². The normalized spacial score (nSPS) is 9.92. The van der Waals surface area contributed by atoms with Gasteiger partial charge in [0.05, 0.1) is 5.52 Å². The Bertz CT molecular complexity index is 497. The molecule has 0 radical (unpaired) electrons. The van der Waals surface area contributed by atoms with Gasteiger partial charge in [0.2, 0.25) is 0 Å². The first-order valence-corrected chi connectivity index (χ1v) is 4.29. The highest BCUT2D eigenvalue weighted by Crippen LogP contribution is 2.24. The number of nitrogens with zero attached hydrogens (tertiary/aromatic N) is 4. The minimum Gasteiger partial charge on any atom is -0.270 e. The number of H-pyrrole nitrogens is 1. The predicted octanol–water partition coefficient (Wildman–Crippen LogP) is 3.27. The maximum absolute atomic E-state index is 8.22. The van der Waals surface area contributed by atoms with Crippen LogP contribution in [0.25, 0.3) is 21.3 Å². The molecule has 1 heterocycles. The van der Waals surface area contributed by atoms with Crippen LogP contribution in [0.1, 0.15) is 0 Å². The number of aromatic amines is 1. The highest BCUT2D eigenvalue weighted by molar-refractivity contribution is 9.10. The average molecular weight is 238 g/mol. The van der Waals surface area contributed by atoms with E-state index in [1.165, 1.54) is 0 Å². The number of fused-ring (bicyclic) bond motifs is 1. The zero-order chi connectivity index (χ0) is 9.26. The molecular weight excluding hydrogens is 234 g/mol. The third-order valence-corrected chi connectivity index (χ3v) is 2.26. The molecule has 6 heteroatoms. The minimum absolute atomic E-state index is 0.564. The Morgan fingerprint density at radius 1 is 1.54 bits per heavy atom. The highest BCUT2D eigenvalue weighted by atomic mass is 79.9. The summed E-state index contributed by atoms with van der Waals surface area (Å²) in [7, 11) is 0. The lowest BCUT2D eigenvalue weighted by Crippen LogP contribution is -1.67. The van der Waals surface area contributed by atoms with Gasteiger partial charge in [-0.1, -0.05) is 11.2 Å². The molecule has 1 aromatic heterocycles. The van der Waals surface area contributed by atoms with Crippen molar-refractivity contribution >= 4 is 32.5 Å². The molecule has 1 aromatic carbocycles. The standard InChI is InChI=1S/C7H4BrN5/c8-7-5-2-1-4(10-13-9)3-6(5)11-12-7/h1-3H,(H,11,12). The number of nitrogens with one attached hydrogen (secondary N) is 1. The van der Waals surface area contributed by atoms with E-state index >= 15 is 0 Å². The van der Waals surface area contributed by atoms with E-state index in [1.54, 1.807) is 12.1 Å². The fraction of sp³-hybridized carbons (Fsp3) is 0. The summed E-state index contributed by atoms with van der Waals surface area (Å²) in [5.74, 6) is 0. The van der Waals surface area contributed by atoms with Gasteiger partial charge in [-0.3, -0.25) is 5.10 Å². The molecule has 64 valence electrons. The van der Waals surface area contributed by atoms with Gasteiger partial charge in [0.1, 0.15) is 4.60 Å². The van der Waals surface area contributed by atoms with Gasteiger partial charge in [0, 0.05) is 16.0 Å². The smallest absolute Gasteiger partial charge is 0.108 e. The number of halogens is 1. The molecule has 0 saturated carbocycles. The number of azide groups is 1. The second kappa shape index (κ2) is 3.08. The third kappa shape index (κ3) is 1.37. The fourth-order valence-corrected chi connectivity index (χ4v) is 1.51. The van der Waals surface area contributed by atoms with E-state index in [0.717, 1.165) is 15.5 Å². The molecule has 0 atom stereocenters. The van der Waals surface area contributed by atoms with Gasteiger partial charge in [0.15, 0.2) is 0 Å². The Kier molecular flexibility index (Phi) is 1.92. The lowest BCUT2D eigenvalue weighted by atomic mass is 10.2. The van der Waals surface area contributed by atoms with Crippen molar-refractivity contribution in [1.29, 1.82) is 0 Å². The predicted molar refractivity (Wildman–Crippen MR) is 52.6 cm³/mol. The van der Waals surface area contributed by atoms with Crippen molar-refractivity contribution in [3.8, 4) is 0 Å². The number of benzene rings is 1. The van der Waals surface area contributed by atoms with Crippen molar-refractivity contribution in [2.75, 3.05) is 0 Å². The van der Waals surface area contributed by atoms with Crippen LogP contribution >= 0.6 is 15.9 Å². The van der Waals surface area contributed by atoms with Crippen molar-refractivity contribution in [2.45, 2.75) is 0 Å². The topological polar surface area (TPSA) is 77.4 Å². The quantitative estimate of drug-likeness (QED) is 0.461. The van der Waals surface area contributed by atoms with Crippen LogP contribution in [-0.2, 0) is 0 Å². The first-order chi connectivity index (χ1) is 6.31. The fourth-order valence-electron chi connectivity index (χ4n) is 1.08. The number of rotatable bonds is 1. The zero-order valence-corrected chi connectivity index (χ0v) is 7.98. The number of hydrogen-bond acceptors (Lipinski definition) is 2. The molecule has 0 fully saturated rings. The Hall–Kier alpha value is -1.52. The van der Waals surface area contributed by atoms with E-state index in [9.17, 15) is 0 Å². The molecule has 0 aliphatic rings. The van der Waals surface area contributed by atoms with Gasteiger partial charge in [-0.2, -0.15) is 5.10 Å². The van der Waals surface area contributed by atoms with Gasteiger partial charge >= 0.3 is 0 Å². The second-order valence-electron chi connectivity index (χ2n) is 2.43. The molecule has 0 spiro atoms. The van der Waals surface area contributed by atoms with Crippen LogP contribution in [0.15, 0.2) is 27.9 Å². The zero-order valence-electron chi connectivity index (χ0n) is 6.40. The molecule has 1 N–H and O–H groups in total. The van der Waals surface area contributed by atoms with Crippen molar-refractivity contribution in [3.63, 3.8) is 0 Å². The second-order valence-corrected chi connectivity index (χ2v) is 3.22. The molecular formula is C7H4BrN5. The summed E-state index contributed by atoms with van der Waals surface area (Å²) in [6.45, 7) is 0. The van der Waals surface area contributed by atoms with Gasteiger partial charge in [-0.15, -0.1) is 0 Å². The van der Waals surface area contributed by atoms with Crippen molar-refractivity contribution < 1.29 is 0 Å². The molecule has 0 amide bonds. The summed E-state index contributed by atoms with van der Waals surface area (Å²) in [6, 6.07) is 5.30. The molecule has 0 aliphatic carbocycles. The minimum atomic E-state index is 0.564. The van der Waals surface area contributed by atoms with E-state index in [4.69, 9.17) is 5.53 Å². The maximum Gasteiger partial charge on any atom is 0.108 e. The molecule has 13 heavy (non-hydrogen) atoms. The largest absolute Gasteiger partial charge is 0.270 e. The molecule has 5 nitrogen and oxygen atoms in total.